The van der Waals surface area contributed by atoms with E-state index in [1.165, 1.54) is 23.1 Å². The number of nitrogens with zero attached hydrogens (tertiary/aromatic N) is 1. The van der Waals surface area contributed by atoms with Crippen molar-refractivity contribution in [3.63, 3.8) is 0 Å². The van der Waals surface area contributed by atoms with Crippen LogP contribution in [0.2, 0.25) is 0 Å². The molecule has 1 aromatic rings. The summed E-state index contributed by atoms with van der Waals surface area (Å²) in [5.74, 6) is 0.135. The summed E-state index contributed by atoms with van der Waals surface area (Å²) in [5, 5.41) is 0. The van der Waals surface area contributed by atoms with Gasteiger partial charge in [0.15, 0.2) is 6.10 Å². The molecule has 0 radical (unpaired) electrons. The number of carbonyl (C=O) groups excluding carboxylic acids is 1. The monoisotopic (exact) mass is 302 g/mol. The summed E-state index contributed by atoms with van der Waals surface area (Å²) in [4.78, 5) is 13.6. The molecule has 1 aliphatic heterocycles. The number of benzene rings is 1. The quantitative estimate of drug-likeness (QED) is 0.934. The minimum absolute atomic E-state index is 0.0895. The predicted octanol–water partition coefficient (Wildman–Crippen LogP) is 2.77. The molecular formula is C14H17F3N2O2. The van der Waals surface area contributed by atoms with Crippen molar-refractivity contribution in [2.24, 2.45) is 5.73 Å². The van der Waals surface area contributed by atoms with Crippen molar-refractivity contribution in [1.29, 1.82) is 0 Å². The molecule has 1 amide bonds. The van der Waals surface area contributed by atoms with Gasteiger partial charge in [-0.2, -0.15) is 13.2 Å². The maximum atomic E-state index is 12.7. The highest BCUT2D eigenvalue weighted by molar-refractivity contribution is 5.99. The summed E-state index contributed by atoms with van der Waals surface area (Å²) in [6, 6.07) is 1.92. The van der Waals surface area contributed by atoms with Gasteiger partial charge in [0.2, 0.25) is 0 Å². The van der Waals surface area contributed by atoms with Gasteiger partial charge in [0.1, 0.15) is 11.8 Å². The van der Waals surface area contributed by atoms with Crippen molar-refractivity contribution in [3.05, 3.63) is 23.8 Å². The van der Waals surface area contributed by atoms with Gasteiger partial charge in [-0.3, -0.25) is 4.79 Å². The van der Waals surface area contributed by atoms with E-state index in [1.54, 1.807) is 6.92 Å². The lowest BCUT2D eigenvalue weighted by atomic mass is 10.0. The van der Waals surface area contributed by atoms with Gasteiger partial charge < -0.3 is 15.4 Å². The summed E-state index contributed by atoms with van der Waals surface area (Å²) in [6.45, 7) is 3.92. The average molecular weight is 302 g/mol. The SMILES string of the molecule is CCCN1C(=O)C(C)Oc2ccc(C(N)C(F)(F)F)cc21. The molecule has 0 saturated carbocycles. The Bertz CT molecular complexity index is 546. The second-order valence-electron chi connectivity index (χ2n) is 5.00. The molecule has 1 heterocycles. The van der Waals surface area contributed by atoms with Gasteiger partial charge in [0.25, 0.3) is 5.91 Å². The third-order valence-electron chi connectivity index (χ3n) is 3.35. The van der Waals surface area contributed by atoms with Crippen LogP contribution in [0.25, 0.3) is 0 Å². The zero-order valence-corrected chi connectivity index (χ0v) is 11.8. The first-order valence-corrected chi connectivity index (χ1v) is 6.70. The fourth-order valence-electron chi connectivity index (χ4n) is 2.26. The predicted molar refractivity (Wildman–Crippen MR) is 72.2 cm³/mol. The van der Waals surface area contributed by atoms with Crippen LogP contribution in [-0.2, 0) is 4.79 Å². The number of fused-ring (bicyclic) bond motifs is 1. The van der Waals surface area contributed by atoms with Gasteiger partial charge in [-0.1, -0.05) is 13.0 Å². The Hall–Kier alpha value is -1.76. The first kappa shape index (κ1) is 15.6. The number of amides is 1. The Balaban J connectivity index is 2.44. The zero-order chi connectivity index (χ0) is 15.8. The molecule has 2 rings (SSSR count). The third kappa shape index (κ3) is 2.97. The first-order valence-electron chi connectivity index (χ1n) is 6.70. The lowest BCUT2D eigenvalue weighted by molar-refractivity contribution is -0.149. The normalized spacial score (nSPS) is 20.0. The molecule has 0 fully saturated rings. The molecule has 2 N–H and O–H groups in total. The van der Waals surface area contributed by atoms with E-state index in [0.29, 0.717) is 24.4 Å². The number of hydrogen-bond acceptors (Lipinski definition) is 3. The minimum atomic E-state index is -4.53. The van der Waals surface area contributed by atoms with Crippen LogP contribution in [0.3, 0.4) is 0 Å². The number of anilines is 1. The second kappa shape index (κ2) is 5.55. The fourth-order valence-corrected chi connectivity index (χ4v) is 2.26. The van der Waals surface area contributed by atoms with Gasteiger partial charge in [-0.15, -0.1) is 0 Å². The van der Waals surface area contributed by atoms with Gasteiger partial charge in [0.05, 0.1) is 5.69 Å². The Morgan fingerprint density at radius 2 is 2.10 bits per heavy atom. The molecule has 0 saturated heterocycles. The lowest BCUT2D eigenvalue weighted by Gasteiger charge is -2.33. The van der Waals surface area contributed by atoms with E-state index in [9.17, 15) is 18.0 Å². The highest BCUT2D eigenvalue weighted by Crippen LogP contribution is 2.39. The van der Waals surface area contributed by atoms with Crippen molar-refractivity contribution in [2.45, 2.75) is 38.6 Å². The lowest BCUT2D eigenvalue weighted by Crippen LogP contribution is -2.45. The number of carbonyl (C=O) groups is 1. The molecule has 2 unspecified atom stereocenters. The van der Waals surface area contributed by atoms with Crippen LogP contribution in [0.15, 0.2) is 18.2 Å². The topological polar surface area (TPSA) is 55.6 Å². The number of rotatable bonds is 3. The maximum Gasteiger partial charge on any atom is 0.407 e. The van der Waals surface area contributed by atoms with Crippen LogP contribution in [0, 0.1) is 0 Å². The summed E-state index contributed by atoms with van der Waals surface area (Å²) in [6.07, 6.45) is -4.49. The molecule has 0 bridgehead atoms. The number of ether oxygens (including phenoxy) is 1. The van der Waals surface area contributed by atoms with Crippen molar-refractivity contribution >= 4 is 11.6 Å². The van der Waals surface area contributed by atoms with E-state index < -0.39 is 18.3 Å². The average Bonchev–Trinajstić information content (AvgIpc) is 2.41. The van der Waals surface area contributed by atoms with E-state index in [2.05, 4.69) is 0 Å². The van der Waals surface area contributed by atoms with Gasteiger partial charge in [0, 0.05) is 6.54 Å². The molecular weight excluding hydrogens is 285 g/mol. The van der Waals surface area contributed by atoms with Crippen LogP contribution in [-0.4, -0.2) is 24.7 Å². The molecule has 1 aromatic carbocycles. The van der Waals surface area contributed by atoms with Crippen LogP contribution in [0.4, 0.5) is 18.9 Å². The maximum absolute atomic E-state index is 12.7. The summed E-state index contributed by atoms with van der Waals surface area (Å²) >= 11 is 0. The van der Waals surface area contributed by atoms with Crippen molar-refractivity contribution in [1.82, 2.24) is 0 Å². The second-order valence-corrected chi connectivity index (χ2v) is 5.00. The van der Waals surface area contributed by atoms with E-state index in [0.717, 1.165) is 0 Å². The van der Waals surface area contributed by atoms with E-state index in [4.69, 9.17) is 10.5 Å². The summed E-state index contributed by atoms with van der Waals surface area (Å²) < 4.78 is 43.6. The minimum Gasteiger partial charge on any atom is -0.479 e. The zero-order valence-electron chi connectivity index (χ0n) is 11.8. The molecule has 0 aliphatic carbocycles. The standard InChI is InChI=1S/C14H17F3N2O2/c1-3-6-19-10-7-9(12(18)14(15,16)17)4-5-11(10)21-8(2)13(19)20/h4-5,7-8,12H,3,6,18H2,1-2H3. The van der Waals surface area contributed by atoms with Crippen molar-refractivity contribution in [3.8, 4) is 5.75 Å². The number of halogens is 3. The van der Waals surface area contributed by atoms with Gasteiger partial charge >= 0.3 is 6.18 Å². The van der Waals surface area contributed by atoms with Crippen LogP contribution < -0.4 is 15.4 Å². The number of hydrogen-bond donors (Lipinski definition) is 1. The number of alkyl halides is 3. The summed E-state index contributed by atoms with van der Waals surface area (Å²) in [7, 11) is 0. The fraction of sp³-hybridized carbons (Fsp3) is 0.500. The van der Waals surface area contributed by atoms with E-state index in [-0.39, 0.29) is 11.5 Å². The van der Waals surface area contributed by atoms with E-state index in [1.807, 2.05) is 6.92 Å². The van der Waals surface area contributed by atoms with Crippen molar-refractivity contribution < 1.29 is 22.7 Å². The molecule has 7 heteroatoms. The first-order chi connectivity index (χ1) is 9.75. The van der Waals surface area contributed by atoms with Crippen LogP contribution in [0.5, 0.6) is 5.75 Å². The molecule has 2 atom stereocenters. The van der Waals surface area contributed by atoms with E-state index >= 15 is 0 Å². The van der Waals surface area contributed by atoms with Crippen LogP contribution >= 0.6 is 0 Å². The highest BCUT2D eigenvalue weighted by Gasteiger charge is 2.39. The largest absolute Gasteiger partial charge is 0.479 e. The smallest absolute Gasteiger partial charge is 0.407 e. The Labute approximate surface area is 120 Å². The van der Waals surface area contributed by atoms with Crippen LogP contribution in [0.1, 0.15) is 31.9 Å². The third-order valence-corrected chi connectivity index (χ3v) is 3.35. The molecule has 0 aromatic heterocycles. The highest BCUT2D eigenvalue weighted by atomic mass is 19.4. The molecule has 0 spiro atoms. The molecule has 4 nitrogen and oxygen atoms in total. The van der Waals surface area contributed by atoms with Gasteiger partial charge in [-0.05, 0) is 31.0 Å². The van der Waals surface area contributed by atoms with Crippen molar-refractivity contribution in [2.75, 3.05) is 11.4 Å². The Morgan fingerprint density at radius 1 is 1.43 bits per heavy atom. The van der Waals surface area contributed by atoms with Gasteiger partial charge in [-0.25, -0.2) is 0 Å². The Morgan fingerprint density at radius 3 is 2.67 bits per heavy atom. The summed E-state index contributed by atoms with van der Waals surface area (Å²) in [5.41, 5.74) is 5.47. The molecule has 1 aliphatic rings. The molecule has 116 valence electrons. The molecule has 21 heavy (non-hydrogen) atoms. The number of nitrogens with two attached hydrogens (primary N) is 1. The Kier molecular flexibility index (Phi) is 4.13.